The lowest BCUT2D eigenvalue weighted by Gasteiger charge is -2.17. The Balaban J connectivity index is 2.42. The summed E-state index contributed by atoms with van der Waals surface area (Å²) in [5, 5.41) is 10.3. The Morgan fingerprint density at radius 1 is 1.48 bits per heavy atom. The van der Waals surface area contributed by atoms with Crippen LogP contribution in [0.1, 0.15) is 13.3 Å². The van der Waals surface area contributed by atoms with Gasteiger partial charge in [-0.3, -0.25) is 19.7 Å². The largest absolute Gasteiger partial charge is 0.303 e. The smallest absolute Gasteiger partial charge is 0.296 e. The Labute approximate surface area is 122 Å². The SMILES string of the molecule is CC(=O)SC1CC(=O)N(c2c([N+](=O)[O-])ccc(F)c2F)C1. The molecule has 1 aliphatic heterocycles. The fourth-order valence-electron chi connectivity index (χ4n) is 2.14. The predicted molar refractivity (Wildman–Crippen MR) is 72.0 cm³/mol. The second-order valence-electron chi connectivity index (χ2n) is 4.43. The molecular weight excluding hydrogens is 306 g/mol. The van der Waals surface area contributed by atoms with Crippen molar-refractivity contribution in [3.05, 3.63) is 33.9 Å². The highest BCUT2D eigenvalue weighted by molar-refractivity contribution is 8.14. The quantitative estimate of drug-likeness (QED) is 0.631. The molecule has 1 atom stereocenters. The molecule has 9 heteroatoms. The number of amides is 1. The Bertz CT molecular complexity index is 638. The minimum Gasteiger partial charge on any atom is -0.303 e. The van der Waals surface area contributed by atoms with E-state index in [2.05, 4.69) is 0 Å². The van der Waals surface area contributed by atoms with Gasteiger partial charge >= 0.3 is 0 Å². The number of hydrogen-bond acceptors (Lipinski definition) is 5. The van der Waals surface area contributed by atoms with Gasteiger partial charge in [0.25, 0.3) is 5.69 Å². The molecule has 21 heavy (non-hydrogen) atoms. The number of carbonyl (C=O) groups is 2. The van der Waals surface area contributed by atoms with Gasteiger partial charge < -0.3 is 4.90 Å². The van der Waals surface area contributed by atoms with Gasteiger partial charge in [0.15, 0.2) is 22.4 Å². The first-order chi connectivity index (χ1) is 9.81. The molecule has 0 aliphatic carbocycles. The molecule has 0 radical (unpaired) electrons. The van der Waals surface area contributed by atoms with Crippen molar-refractivity contribution < 1.29 is 23.3 Å². The van der Waals surface area contributed by atoms with Gasteiger partial charge in [0.1, 0.15) is 0 Å². The number of nitro groups is 1. The summed E-state index contributed by atoms with van der Waals surface area (Å²) in [5.41, 5.74) is -1.37. The third-order valence-corrected chi connectivity index (χ3v) is 3.92. The zero-order valence-electron chi connectivity index (χ0n) is 10.8. The summed E-state index contributed by atoms with van der Waals surface area (Å²) in [6.45, 7) is 1.24. The molecule has 1 fully saturated rings. The maximum atomic E-state index is 13.9. The van der Waals surface area contributed by atoms with Crippen LogP contribution in [0.25, 0.3) is 0 Å². The number of thioether (sulfide) groups is 1. The van der Waals surface area contributed by atoms with E-state index in [-0.39, 0.29) is 18.1 Å². The second-order valence-corrected chi connectivity index (χ2v) is 5.90. The van der Waals surface area contributed by atoms with E-state index in [1.807, 2.05) is 0 Å². The Morgan fingerprint density at radius 3 is 2.71 bits per heavy atom. The summed E-state index contributed by atoms with van der Waals surface area (Å²) in [5.74, 6) is -3.29. The van der Waals surface area contributed by atoms with Gasteiger partial charge in [-0.25, -0.2) is 8.78 Å². The molecule has 6 nitrogen and oxygen atoms in total. The van der Waals surface area contributed by atoms with Gasteiger partial charge in [0, 0.05) is 31.2 Å². The van der Waals surface area contributed by atoms with Gasteiger partial charge in [0.05, 0.1) is 4.92 Å². The van der Waals surface area contributed by atoms with Crippen LogP contribution >= 0.6 is 11.8 Å². The second kappa shape index (κ2) is 5.76. The van der Waals surface area contributed by atoms with Crippen LogP contribution in [-0.2, 0) is 9.59 Å². The molecule has 1 heterocycles. The minimum atomic E-state index is -1.44. The predicted octanol–water partition coefficient (Wildman–Crippen LogP) is 2.26. The Kier molecular flexibility index (Phi) is 4.21. The lowest BCUT2D eigenvalue weighted by Crippen LogP contribution is -2.27. The molecule has 2 rings (SSSR count). The fourth-order valence-corrected chi connectivity index (χ4v) is 3.06. The fraction of sp³-hybridized carbons (Fsp3) is 0.333. The normalized spacial score (nSPS) is 18.1. The summed E-state index contributed by atoms with van der Waals surface area (Å²) in [4.78, 5) is 33.8. The first-order valence-electron chi connectivity index (χ1n) is 5.91. The number of nitro benzene ring substituents is 1. The molecule has 0 N–H and O–H groups in total. The third kappa shape index (κ3) is 3.02. The van der Waals surface area contributed by atoms with Crippen LogP contribution < -0.4 is 4.90 Å². The van der Waals surface area contributed by atoms with Crippen LogP contribution in [0.15, 0.2) is 12.1 Å². The van der Waals surface area contributed by atoms with Gasteiger partial charge in [-0.2, -0.15) is 0 Å². The van der Waals surface area contributed by atoms with Gasteiger partial charge in [-0.05, 0) is 6.07 Å². The molecule has 1 unspecified atom stereocenters. The van der Waals surface area contributed by atoms with E-state index in [0.29, 0.717) is 6.07 Å². The topological polar surface area (TPSA) is 80.5 Å². The van der Waals surface area contributed by atoms with E-state index < -0.39 is 39.1 Å². The summed E-state index contributed by atoms with van der Waals surface area (Å²) >= 11 is 0.901. The van der Waals surface area contributed by atoms with Crippen molar-refractivity contribution in [3.8, 4) is 0 Å². The monoisotopic (exact) mass is 316 g/mol. The van der Waals surface area contributed by atoms with E-state index in [1.165, 1.54) is 6.92 Å². The summed E-state index contributed by atoms with van der Waals surface area (Å²) in [6, 6.07) is 1.45. The first-order valence-corrected chi connectivity index (χ1v) is 6.79. The average Bonchev–Trinajstić information content (AvgIpc) is 2.71. The van der Waals surface area contributed by atoms with Crippen molar-refractivity contribution in [1.29, 1.82) is 0 Å². The van der Waals surface area contributed by atoms with E-state index in [9.17, 15) is 28.5 Å². The molecule has 0 saturated carbocycles. The summed E-state index contributed by atoms with van der Waals surface area (Å²) in [7, 11) is 0. The Morgan fingerprint density at radius 2 is 2.14 bits per heavy atom. The summed E-state index contributed by atoms with van der Waals surface area (Å²) < 4.78 is 27.2. The van der Waals surface area contributed by atoms with Crippen LogP contribution in [0.4, 0.5) is 20.2 Å². The molecular formula is C12H10F2N2O4S. The summed E-state index contributed by atoms with van der Waals surface area (Å²) in [6.07, 6.45) is -0.0582. The lowest BCUT2D eigenvalue weighted by molar-refractivity contribution is -0.384. The molecule has 1 amide bonds. The average molecular weight is 316 g/mol. The van der Waals surface area contributed by atoms with Crippen molar-refractivity contribution >= 4 is 34.2 Å². The van der Waals surface area contributed by atoms with Gasteiger partial charge in [-0.1, -0.05) is 11.8 Å². The number of rotatable bonds is 3. The van der Waals surface area contributed by atoms with Gasteiger partial charge in [-0.15, -0.1) is 0 Å². The lowest BCUT2D eigenvalue weighted by atomic mass is 10.2. The minimum absolute atomic E-state index is 0.0582. The molecule has 0 bridgehead atoms. The van der Waals surface area contributed by atoms with Crippen molar-refractivity contribution in [2.75, 3.05) is 11.4 Å². The Hall–Kier alpha value is -2.03. The third-order valence-electron chi connectivity index (χ3n) is 2.94. The maximum absolute atomic E-state index is 13.9. The van der Waals surface area contributed by atoms with E-state index in [4.69, 9.17) is 0 Å². The van der Waals surface area contributed by atoms with Crippen LogP contribution in [0.5, 0.6) is 0 Å². The standard InChI is InChI=1S/C12H10F2N2O4S/c1-6(17)21-7-4-10(18)15(5-7)12-9(16(19)20)3-2-8(13)11(12)14/h2-3,7H,4-5H2,1H3. The highest BCUT2D eigenvalue weighted by atomic mass is 32.2. The molecule has 1 aromatic rings. The molecule has 112 valence electrons. The number of nitrogens with zero attached hydrogens (tertiary/aromatic N) is 2. The van der Waals surface area contributed by atoms with Gasteiger partial charge in [0.2, 0.25) is 5.91 Å². The van der Waals surface area contributed by atoms with Crippen LogP contribution in [0.2, 0.25) is 0 Å². The van der Waals surface area contributed by atoms with Crippen LogP contribution in [-0.4, -0.2) is 27.7 Å². The van der Waals surface area contributed by atoms with Crippen molar-refractivity contribution in [2.45, 2.75) is 18.6 Å². The number of carbonyl (C=O) groups excluding carboxylic acids is 2. The van der Waals surface area contributed by atoms with E-state index in [0.717, 1.165) is 22.7 Å². The zero-order valence-corrected chi connectivity index (χ0v) is 11.7. The molecule has 0 spiro atoms. The van der Waals surface area contributed by atoms with Crippen molar-refractivity contribution in [2.24, 2.45) is 0 Å². The number of hydrogen-bond donors (Lipinski definition) is 0. The maximum Gasteiger partial charge on any atom is 0.296 e. The van der Waals surface area contributed by atoms with Crippen LogP contribution in [0, 0.1) is 21.7 Å². The molecule has 1 saturated heterocycles. The number of anilines is 1. The molecule has 0 aromatic heterocycles. The number of halogens is 2. The van der Waals surface area contributed by atoms with E-state index >= 15 is 0 Å². The van der Waals surface area contributed by atoms with Crippen molar-refractivity contribution in [1.82, 2.24) is 0 Å². The molecule has 1 aromatic carbocycles. The highest BCUT2D eigenvalue weighted by Gasteiger charge is 2.38. The van der Waals surface area contributed by atoms with Crippen molar-refractivity contribution in [3.63, 3.8) is 0 Å². The number of benzene rings is 1. The highest BCUT2D eigenvalue weighted by Crippen LogP contribution is 2.37. The molecule has 1 aliphatic rings. The van der Waals surface area contributed by atoms with Crippen LogP contribution in [0.3, 0.4) is 0 Å². The first kappa shape index (κ1) is 15.4. The zero-order chi connectivity index (χ0) is 15.7. The van der Waals surface area contributed by atoms with E-state index in [1.54, 1.807) is 0 Å².